The van der Waals surface area contributed by atoms with Gasteiger partial charge < -0.3 is 9.30 Å². The molecule has 109 valence electrons. The molecule has 0 amide bonds. The Morgan fingerprint density at radius 2 is 2.14 bits per heavy atom. The molecule has 2 rings (SSSR count). The van der Waals surface area contributed by atoms with E-state index in [0.29, 0.717) is 23.2 Å². The molecule has 0 spiro atoms. The quantitative estimate of drug-likeness (QED) is 0.569. The SMILES string of the molecule is CCn1c(-c2ccc(OCSC)cc2Cl)[c-]ccc1=O.[Y]. The van der Waals surface area contributed by atoms with Crippen molar-refractivity contribution in [3.05, 3.63) is 51.8 Å². The molecule has 6 heteroatoms. The van der Waals surface area contributed by atoms with E-state index in [-0.39, 0.29) is 38.3 Å². The molecule has 1 aromatic heterocycles. The summed E-state index contributed by atoms with van der Waals surface area (Å²) in [7, 11) is 0. The molecule has 0 saturated carbocycles. The van der Waals surface area contributed by atoms with Crippen molar-refractivity contribution >= 4 is 23.4 Å². The first-order valence-electron chi connectivity index (χ1n) is 6.20. The van der Waals surface area contributed by atoms with Gasteiger partial charge in [0.1, 0.15) is 11.7 Å². The maximum Gasteiger partial charge on any atom is 0.194 e. The van der Waals surface area contributed by atoms with E-state index in [1.54, 1.807) is 28.5 Å². The van der Waals surface area contributed by atoms with Crippen molar-refractivity contribution < 1.29 is 37.4 Å². The molecule has 0 unspecified atom stereocenters. The van der Waals surface area contributed by atoms with Gasteiger partial charge in [0, 0.05) is 39.3 Å². The van der Waals surface area contributed by atoms with Gasteiger partial charge in [0.25, 0.3) is 0 Å². The molecular weight excluding hydrogens is 383 g/mol. The van der Waals surface area contributed by atoms with Crippen LogP contribution in [0.3, 0.4) is 0 Å². The molecule has 0 atom stereocenters. The third-order valence-electron chi connectivity index (χ3n) is 2.84. The van der Waals surface area contributed by atoms with E-state index < -0.39 is 0 Å². The van der Waals surface area contributed by atoms with Gasteiger partial charge in [0.2, 0.25) is 0 Å². The fourth-order valence-corrected chi connectivity index (χ4v) is 2.43. The summed E-state index contributed by atoms with van der Waals surface area (Å²) >= 11 is 7.90. The Hall–Kier alpha value is -0.286. The van der Waals surface area contributed by atoms with Crippen molar-refractivity contribution in [2.24, 2.45) is 0 Å². The first kappa shape index (κ1) is 18.8. The van der Waals surface area contributed by atoms with Crippen LogP contribution in [0.5, 0.6) is 5.75 Å². The second-order valence-electron chi connectivity index (χ2n) is 4.10. The van der Waals surface area contributed by atoms with Gasteiger partial charge in [-0.15, -0.1) is 17.8 Å². The zero-order valence-electron chi connectivity index (χ0n) is 11.9. The molecule has 0 fully saturated rings. The van der Waals surface area contributed by atoms with Gasteiger partial charge in [0.05, 0.1) is 0 Å². The van der Waals surface area contributed by atoms with Crippen LogP contribution in [0.2, 0.25) is 5.02 Å². The average molecular weight is 398 g/mol. The number of hydrogen-bond acceptors (Lipinski definition) is 3. The second-order valence-corrected chi connectivity index (χ2v) is 5.32. The van der Waals surface area contributed by atoms with Crippen LogP contribution in [-0.2, 0) is 39.3 Å². The zero-order chi connectivity index (χ0) is 14.5. The average Bonchev–Trinajstić information content (AvgIpc) is 2.45. The molecule has 0 bridgehead atoms. The Bertz CT molecular complexity index is 660. The number of benzene rings is 1. The van der Waals surface area contributed by atoms with E-state index in [1.807, 2.05) is 25.3 Å². The summed E-state index contributed by atoms with van der Waals surface area (Å²) in [5.74, 6) is 1.29. The first-order chi connectivity index (χ1) is 9.67. The summed E-state index contributed by atoms with van der Waals surface area (Å²) in [6.45, 7) is 2.50. The minimum atomic E-state index is -0.0555. The molecule has 0 N–H and O–H groups in total. The Morgan fingerprint density at radius 3 is 2.76 bits per heavy atom. The molecule has 1 heterocycles. The summed E-state index contributed by atoms with van der Waals surface area (Å²) in [4.78, 5) is 11.8. The largest absolute Gasteiger partial charge is 0.483 e. The third kappa shape index (κ3) is 4.59. The fourth-order valence-electron chi connectivity index (χ4n) is 1.91. The van der Waals surface area contributed by atoms with Crippen LogP contribution in [0.25, 0.3) is 11.3 Å². The second kappa shape index (κ2) is 8.99. The van der Waals surface area contributed by atoms with E-state index >= 15 is 0 Å². The molecule has 21 heavy (non-hydrogen) atoms. The van der Waals surface area contributed by atoms with Gasteiger partial charge in [-0.3, -0.25) is 4.79 Å². The Labute approximate surface area is 158 Å². The Balaban J connectivity index is 0.00000220. The molecule has 0 aliphatic carbocycles. The fraction of sp³-hybridized carbons (Fsp3) is 0.267. The van der Waals surface area contributed by atoms with Gasteiger partial charge in [-0.1, -0.05) is 28.9 Å². The number of halogens is 1. The van der Waals surface area contributed by atoms with Gasteiger partial charge in [-0.25, -0.2) is 0 Å². The summed E-state index contributed by atoms with van der Waals surface area (Å²) < 4.78 is 7.15. The topological polar surface area (TPSA) is 31.2 Å². The number of aromatic nitrogens is 1. The normalized spacial score (nSPS) is 10.0. The first-order valence-corrected chi connectivity index (χ1v) is 7.97. The summed E-state index contributed by atoms with van der Waals surface area (Å²) in [5, 5.41) is 0.549. The van der Waals surface area contributed by atoms with Crippen LogP contribution in [0.15, 0.2) is 35.1 Å². The standard InChI is InChI=1S/C15H15ClNO2S.Y/c1-3-17-14(5-4-6-15(17)18)12-8-7-11(9-13(12)16)19-10-20-2;/h4,6-9H,3,10H2,1-2H3;/q-1;. The molecule has 1 aromatic carbocycles. The van der Waals surface area contributed by atoms with Crippen molar-refractivity contribution in [2.45, 2.75) is 13.5 Å². The van der Waals surface area contributed by atoms with Crippen molar-refractivity contribution in [1.82, 2.24) is 4.57 Å². The van der Waals surface area contributed by atoms with E-state index in [4.69, 9.17) is 16.3 Å². The number of rotatable bonds is 5. The van der Waals surface area contributed by atoms with E-state index in [2.05, 4.69) is 6.07 Å². The number of hydrogen-bond donors (Lipinski definition) is 0. The van der Waals surface area contributed by atoms with Crippen molar-refractivity contribution in [1.29, 1.82) is 0 Å². The number of nitrogens with zero attached hydrogens (tertiary/aromatic N) is 1. The summed E-state index contributed by atoms with van der Waals surface area (Å²) in [6, 6.07) is 11.7. The van der Waals surface area contributed by atoms with Crippen molar-refractivity contribution in [3.8, 4) is 17.0 Å². The molecule has 0 aliphatic rings. The van der Waals surface area contributed by atoms with Gasteiger partial charge >= 0.3 is 0 Å². The van der Waals surface area contributed by atoms with Gasteiger partial charge in [0.15, 0.2) is 5.56 Å². The van der Waals surface area contributed by atoms with Crippen LogP contribution < -0.4 is 10.3 Å². The molecule has 0 aliphatic heterocycles. The van der Waals surface area contributed by atoms with Crippen LogP contribution in [0.4, 0.5) is 0 Å². The predicted octanol–water partition coefficient (Wildman–Crippen LogP) is 3.69. The minimum absolute atomic E-state index is 0. The van der Waals surface area contributed by atoms with E-state index in [1.165, 1.54) is 6.07 Å². The summed E-state index contributed by atoms with van der Waals surface area (Å²) in [5.41, 5.74) is 1.42. The number of thioether (sulfide) groups is 1. The molecule has 0 saturated heterocycles. The maximum atomic E-state index is 11.8. The molecule has 1 radical (unpaired) electrons. The van der Waals surface area contributed by atoms with Crippen LogP contribution in [-0.4, -0.2) is 16.8 Å². The number of pyridine rings is 1. The summed E-state index contributed by atoms with van der Waals surface area (Å²) in [6.07, 6.45) is 1.97. The van der Waals surface area contributed by atoms with Crippen LogP contribution in [0, 0.1) is 6.07 Å². The zero-order valence-corrected chi connectivity index (χ0v) is 16.3. The Morgan fingerprint density at radius 1 is 1.38 bits per heavy atom. The molecule has 3 nitrogen and oxygen atoms in total. The molecule has 2 aromatic rings. The van der Waals surface area contributed by atoms with Gasteiger partial charge in [-0.05, 0) is 30.3 Å². The van der Waals surface area contributed by atoms with Crippen LogP contribution >= 0.6 is 23.4 Å². The molecular formula is C15H15ClNO2SY-. The van der Waals surface area contributed by atoms with Crippen LogP contribution in [0.1, 0.15) is 6.92 Å². The van der Waals surface area contributed by atoms with Crippen molar-refractivity contribution in [2.75, 3.05) is 12.2 Å². The third-order valence-corrected chi connectivity index (χ3v) is 3.50. The van der Waals surface area contributed by atoms with Gasteiger partial charge in [-0.2, -0.15) is 12.1 Å². The predicted molar refractivity (Wildman–Crippen MR) is 84.7 cm³/mol. The number of ether oxygens (including phenoxy) is 1. The minimum Gasteiger partial charge on any atom is -0.483 e. The van der Waals surface area contributed by atoms with Crippen molar-refractivity contribution in [3.63, 3.8) is 0 Å². The smallest absolute Gasteiger partial charge is 0.194 e. The monoisotopic (exact) mass is 397 g/mol. The maximum absolute atomic E-state index is 11.8. The van der Waals surface area contributed by atoms with E-state index in [9.17, 15) is 4.79 Å². The van der Waals surface area contributed by atoms with E-state index in [0.717, 1.165) is 11.3 Å². The Kier molecular flexibility index (Phi) is 8.03.